The molecule has 0 aromatic carbocycles. The zero-order valence-electron chi connectivity index (χ0n) is 21.6. The monoisotopic (exact) mass is 446 g/mol. The number of hydrogen-bond acceptors (Lipinski definition) is 3. The molecule has 4 heteroatoms. The van der Waals surface area contributed by atoms with E-state index in [1.165, 1.54) is 5.57 Å². The van der Waals surface area contributed by atoms with E-state index in [9.17, 15) is 9.59 Å². The van der Waals surface area contributed by atoms with Crippen molar-refractivity contribution >= 4 is 19.9 Å². The highest BCUT2D eigenvalue weighted by Gasteiger charge is 2.66. The molecule has 0 bridgehead atoms. The number of allylic oxidation sites excluding steroid dienone is 1. The molecule has 0 aromatic heterocycles. The van der Waals surface area contributed by atoms with E-state index in [0.29, 0.717) is 18.1 Å². The van der Waals surface area contributed by atoms with Crippen molar-refractivity contribution in [2.45, 2.75) is 112 Å². The number of hydrogen-bond donors (Lipinski definition) is 0. The van der Waals surface area contributed by atoms with Gasteiger partial charge in [-0.05, 0) is 67.1 Å². The molecule has 0 amide bonds. The number of carbonyl (C=O) groups is 2. The van der Waals surface area contributed by atoms with Crippen LogP contribution in [0.1, 0.15) is 88.0 Å². The first-order valence-electron chi connectivity index (χ1n) is 12.8. The Hall–Kier alpha value is -0.743. The number of fused-ring (bicyclic) bond motifs is 1. The average Bonchev–Trinajstić information content (AvgIpc) is 3.19. The van der Waals surface area contributed by atoms with Crippen molar-refractivity contribution in [1.82, 2.24) is 0 Å². The third-order valence-corrected chi connectivity index (χ3v) is 15.1. The summed E-state index contributed by atoms with van der Waals surface area (Å²) in [6.07, 6.45) is 6.05. The van der Waals surface area contributed by atoms with Gasteiger partial charge in [0.15, 0.2) is 8.32 Å². The Morgan fingerprint density at radius 2 is 1.68 bits per heavy atom. The summed E-state index contributed by atoms with van der Waals surface area (Å²) in [6, 6.07) is 3.39. The van der Waals surface area contributed by atoms with Crippen LogP contribution in [0.2, 0.25) is 18.1 Å². The van der Waals surface area contributed by atoms with E-state index in [1.807, 2.05) is 0 Å². The van der Waals surface area contributed by atoms with Crippen LogP contribution >= 0.6 is 0 Å². The third-order valence-electron chi connectivity index (χ3n) is 10.5. The van der Waals surface area contributed by atoms with Gasteiger partial charge in [-0.15, -0.1) is 0 Å². The smallest absolute Gasteiger partial charge is 0.192 e. The lowest BCUT2D eigenvalue weighted by Crippen LogP contribution is -2.55. The second-order valence-corrected chi connectivity index (χ2v) is 16.5. The summed E-state index contributed by atoms with van der Waals surface area (Å²) < 4.78 is 7.27. The number of ketones is 2. The predicted molar refractivity (Wildman–Crippen MR) is 130 cm³/mol. The third kappa shape index (κ3) is 3.46. The van der Waals surface area contributed by atoms with Gasteiger partial charge in [-0.25, -0.2) is 0 Å². The molecular formula is C27H46O3Si. The van der Waals surface area contributed by atoms with Crippen molar-refractivity contribution < 1.29 is 14.0 Å². The molecule has 31 heavy (non-hydrogen) atoms. The molecule has 0 aromatic rings. The summed E-state index contributed by atoms with van der Waals surface area (Å²) in [7, 11) is -1.83. The van der Waals surface area contributed by atoms with Crippen LogP contribution in [0.15, 0.2) is 11.6 Å². The van der Waals surface area contributed by atoms with Gasteiger partial charge in [-0.2, -0.15) is 0 Å². The Bertz CT molecular complexity index is 756. The molecule has 0 N–H and O–H groups in total. The lowest BCUT2D eigenvalue weighted by Gasteiger charge is -2.54. The molecule has 2 fully saturated rings. The van der Waals surface area contributed by atoms with Gasteiger partial charge in [-0.1, -0.05) is 61.5 Å². The molecule has 0 saturated heterocycles. The summed E-state index contributed by atoms with van der Waals surface area (Å²) >= 11 is 0. The molecule has 3 aliphatic rings. The average molecular weight is 447 g/mol. The molecule has 3 rings (SSSR count). The van der Waals surface area contributed by atoms with Gasteiger partial charge in [0.05, 0.1) is 6.10 Å². The fourth-order valence-corrected chi connectivity index (χ4v) is 10.2. The quantitative estimate of drug-likeness (QED) is 0.313. The van der Waals surface area contributed by atoms with Crippen LogP contribution in [0.25, 0.3) is 0 Å². The highest BCUT2D eigenvalue weighted by Crippen LogP contribution is 2.66. The normalized spacial score (nSPS) is 40.0. The van der Waals surface area contributed by atoms with Crippen molar-refractivity contribution in [1.29, 1.82) is 0 Å². The van der Waals surface area contributed by atoms with Crippen molar-refractivity contribution in [3.8, 4) is 0 Å². The van der Waals surface area contributed by atoms with E-state index in [-0.39, 0.29) is 34.6 Å². The lowest BCUT2D eigenvalue weighted by molar-refractivity contribution is -0.148. The van der Waals surface area contributed by atoms with Crippen LogP contribution < -0.4 is 0 Å². The van der Waals surface area contributed by atoms with Crippen LogP contribution in [0.3, 0.4) is 0 Å². The number of carbonyl (C=O) groups excluding carboxylic acids is 2. The summed E-state index contributed by atoms with van der Waals surface area (Å²) in [5, 5.41) is 0. The highest BCUT2D eigenvalue weighted by atomic mass is 28.4. The molecule has 3 aliphatic carbocycles. The van der Waals surface area contributed by atoms with Gasteiger partial charge < -0.3 is 4.43 Å². The first-order chi connectivity index (χ1) is 14.4. The zero-order chi connectivity index (χ0) is 23.4. The van der Waals surface area contributed by atoms with E-state index in [2.05, 4.69) is 61.5 Å². The van der Waals surface area contributed by atoms with Gasteiger partial charge in [0.1, 0.15) is 11.6 Å². The van der Waals surface area contributed by atoms with Crippen LogP contribution in [-0.4, -0.2) is 26.0 Å². The second-order valence-electron chi connectivity index (χ2n) is 11.8. The second kappa shape index (κ2) is 8.24. The summed E-state index contributed by atoms with van der Waals surface area (Å²) in [5.74, 6) is 0.949. The van der Waals surface area contributed by atoms with Gasteiger partial charge in [0.2, 0.25) is 0 Å². The maximum Gasteiger partial charge on any atom is 0.192 e. The standard InChI is InChI=1S/C27H46O3Si/c1-10-31(11-2,12-3)30-24-21(17-19(5)25(24,7)8)27-15-13-18(4)26(9,20(6)28)23(27)22(29)14-16-27/h17-19,23-24H,10-16H2,1-9H3/t18-,19-,23?,24?,26+,27+/m1/s1. The van der Waals surface area contributed by atoms with Gasteiger partial charge in [0.25, 0.3) is 0 Å². The minimum absolute atomic E-state index is 0.00766. The molecule has 176 valence electrons. The number of Topliss-reactive ketones (excluding diaryl/α,β-unsaturated/α-hetero) is 2. The van der Waals surface area contributed by atoms with Gasteiger partial charge in [0, 0.05) is 23.2 Å². The predicted octanol–water partition coefficient (Wildman–Crippen LogP) is 6.97. The molecule has 6 atom stereocenters. The molecule has 3 nitrogen and oxygen atoms in total. The summed E-state index contributed by atoms with van der Waals surface area (Å²) in [4.78, 5) is 26.4. The topological polar surface area (TPSA) is 43.4 Å². The SMILES string of the molecule is CC[Si](CC)(CC)OC1C([C@]23CCC(=O)C2[C@](C)(C(C)=O)[C@H](C)CC3)=C[C@@H](C)C1(C)C. The first-order valence-corrected chi connectivity index (χ1v) is 15.3. The largest absolute Gasteiger partial charge is 0.410 e. The maximum atomic E-state index is 13.4. The molecule has 2 unspecified atom stereocenters. The van der Waals surface area contributed by atoms with E-state index >= 15 is 0 Å². The zero-order valence-corrected chi connectivity index (χ0v) is 22.6. The van der Waals surface area contributed by atoms with E-state index < -0.39 is 13.7 Å². The Labute approximate surface area is 191 Å². The van der Waals surface area contributed by atoms with E-state index in [0.717, 1.165) is 37.4 Å². The molecule has 0 radical (unpaired) electrons. The summed E-state index contributed by atoms with van der Waals surface area (Å²) in [5.41, 5.74) is 0.620. The minimum Gasteiger partial charge on any atom is -0.410 e. The van der Waals surface area contributed by atoms with E-state index in [4.69, 9.17) is 4.43 Å². The molecule has 0 heterocycles. The fraction of sp³-hybridized carbons (Fsp3) is 0.852. The van der Waals surface area contributed by atoms with Crippen molar-refractivity contribution in [2.75, 3.05) is 0 Å². The summed E-state index contributed by atoms with van der Waals surface area (Å²) in [6.45, 7) is 19.9. The molecule has 0 spiro atoms. The first kappa shape index (κ1) is 24.9. The van der Waals surface area contributed by atoms with Gasteiger partial charge in [-0.3, -0.25) is 9.59 Å². The molecule has 0 aliphatic heterocycles. The van der Waals surface area contributed by atoms with Crippen LogP contribution in [-0.2, 0) is 14.0 Å². The van der Waals surface area contributed by atoms with Crippen LogP contribution in [0, 0.1) is 34.0 Å². The minimum atomic E-state index is -1.83. The Kier molecular flexibility index (Phi) is 6.61. The lowest BCUT2D eigenvalue weighted by atomic mass is 9.49. The van der Waals surface area contributed by atoms with Crippen LogP contribution in [0.5, 0.6) is 0 Å². The molecule has 2 saturated carbocycles. The van der Waals surface area contributed by atoms with Crippen molar-refractivity contribution in [3.05, 3.63) is 11.6 Å². The fourth-order valence-electron chi connectivity index (χ4n) is 7.29. The highest BCUT2D eigenvalue weighted by molar-refractivity contribution is 6.73. The Morgan fingerprint density at radius 1 is 1.10 bits per heavy atom. The number of rotatable bonds is 7. The Morgan fingerprint density at radius 3 is 2.19 bits per heavy atom. The van der Waals surface area contributed by atoms with E-state index in [1.54, 1.807) is 6.92 Å². The molecular weight excluding hydrogens is 400 g/mol. The maximum absolute atomic E-state index is 13.4. The van der Waals surface area contributed by atoms with Gasteiger partial charge >= 0.3 is 0 Å². The van der Waals surface area contributed by atoms with Crippen molar-refractivity contribution in [2.24, 2.45) is 34.0 Å². The van der Waals surface area contributed by atoms with Crippen LogP contribution in [0.4, 0.5) is 0 Å². The Balaban J connectivity index is 2.15. The van der Waals surface area contributed by atoms with Crippen molar-refractivity contribution in [3.63, 3.8) is 0 Å².